The number of rotatable bonds is 5. The summed E-state index contributed by atoms with van der Waals surface area (Å²) >= 11 is 0. The van der Waals surface area contributed by atoms with Gasteiger partial charge in [-0.1, -0.05) is 6.92 Å². The maximum atomic E-state index is 10.2. The summed E-state index contributed by atoms with van der Waals surface area (Å²) in [4.78, 5) is 0. The molecule has 6 unspecified atom stereocenters. The van der Waals surface area contributed by atoms with Gasteiger partial charge >= 0.3 is 0 Å². The van der Waals surface area contributed by atoms with Crippen LogP contribution in [0.25, 0.3) is 0 Å². The van der Waals surface area contributed by atoms with Crippen molar-refractivity contribution < 1.29 is 49.6 Å². The van der Waals surface area contributed by atoms with Gasteiger partial charge < -0.3 is 49.6 Å². The van der Waals surface area contributed by atoms with E-state index in [0.717, 1.165) is 0 Å². The van der Waals surface area contributed by atoms with Crippen LogP contribution >= 0.6 is 0 Å². The molecular formula is C14H26O10. The SMILES string of the molecule is COC1OC(CO)[C@H](O[C@@H]2OC(CO)[C@@H](C)[C@@H](O)C2O)C(O)C1O. The Kier molecular flexibility index (Phi) is 6.90. The molecule has 0 aromatic carbocycles. The zero-order chi connectivity index (χ0) is 18.0. The van der Waals surface area contributed by atoms with E-state index in [2.05, 4.69) is 0 Å². The van der Waals surface area contributed by atoms with Gasteiger partial charge in [0.2, 0.25) is 0 Å². The Morgan fingerprint density at radius 3 is 1.88 bits per heavy atom. The average Bonchev–Trinajstić information content (AvgIpc) is 2.59. The van der Waals surface area contributed by atoms with Gasteiger partial charge in [-0.15, -0.1) is 0 Å². The summed E-state index contributed by atoms with van der Waals surface area (Å²) in [5.41, 5.74) is 0. The Morgan fingerprint density at radius 2 is 1.33 bits per heavy atom. The van der Waals surface area contributed by atoms with E-state index in [-0.39, 0.29) is 0 Å². The Labute approximate surface area is 139 Å². The number of methoxy groups -OCH3 is 1. The highest BCUT2D eigenvalue weighted by atomic mass is 16.7. The Bertz CT molecular complexity index is 392. The van der Waals surface area contributed by atoms with Gasteiger partial charge in [-0.05, 0) is 0 Å². The van der Waals surface area contributed by atoms with E-state index in [1.54, 1.807) is 6.92 Å². The quantitative estimate of drug-likeness (QED) is 0.293. The molecule has 2 aliphatic heterocycles. The summed E-state index contributed by atoms with van der Waals surface area (Å²) in [5.74, 6) is -0.533. The number of hydrogen-bond acceptors (Lipinski definition) is 10. The third-order valence-corrected chi connectivity index (χ3v) is 4.59. The van der Waals surface area contributed by atoms with Gasteiger partial charge in [0.1, 0.15) is 30.5 Å². The van der Waals surface area contributed by atoms with Crippen LogP contribution in [0.5, 0.6) is 0 Å². The van der Waals surface area contributed by atoms with Crippen LogP contribution in [-0.2, 0) is 18.9 Å². The highest BCUT2D eigenvalue weighted by Gasteiger charge is 2.49. The third kappa shape index (κ3) is 3.73. The molecule has 0 spiro atoms. The Balaban J connectivity index is 2.12. The smallest absolute Gasteiger partial charge is 0.187 e. The average molecular weight is 354 g/mol. The molecule has 10 nitrogen and oxygen atoms in total. The molecule has 142 valence electrons. The van der Waals surface area contributed by atoms with Crippen molar-refractivity contribution in [3.63, 3.8) is 0 Å². The molecule has 2 fully saturated rings. The first-order valence-electron chi connectivity index (χ1n) is 7.78. The fraction of sp³-hybridized carbons (Fsp3) is 1.00. The van der Waals surface area contributed by atoms with Crippen molar-refractivity contribution >= 4 is 0 Å². The molecule has 0 aromatic rings. The minimum atomic E-state index is -1.49. The number of aliphatic hydroxyl groups is 6. The lowest BCUT2D eigenvalue weighted by Crippen LogP contribution is -2.63. The van der Waals surface area contributed by atoms with Crippen molar-refractivity contribution in [3.8, 4) is 0 Å². The van der Waals surface area contributed by atoms with Gasteiger partial charge in [-0.3, -0.25) is 0 Å². The van der Waals surface area contributed by atoms with Crippen LogP contribution in [0.3, 0.4) is 0 Å². The monoisotopic (exact) mass is 354 g/mol. The van der Waals surface area contributed by atoms with E-state index in [1.807, 2.05) is 0 Å². The molecule has 0 aromatic heterocycles. The van der Waals surface area contributed by atoms with Crippen LogP contribution in [-0.4, -0.2) is 106 Å². The summed E-state index contributed by atoms with van der Waals surface area (Å²) in [6.45, 7) is 0.666. The van der Waals surface area contributed by atoms with Gasteiger partial charge in [-0.25, -0.2) is 0 Å². The zero-order valence-electron chi connectivity index (χ0n) is 13.5. The molecule has 0 bridgehead atoms. The minimum absolute atomic E-state index is 0.396. The maximum absolute atomic E-state index is 10.2. The highest BCUT2D eigenvalue weighted by molar-refractivity contribution is 4.93. The van der Waals surface area contributed by atoms with Gasteiger partial charge in [0.25, 0.3) is 0 Å². The lowest BCUT2D eigenvalue weighted by molar-refractivity contribution is -0.353. The largest absolute Gasteiger partial charge is 0.394 e. The topological polar surface area (TPSA) is 158 Å². The standard InChI is InChI=1S/C14H26O10/c1-5-6(3-15)22-14(10(19)8(5)17)24-12-7(4-16)23-13(21-2)11(20)9(12)18/h5-20H,3-4H2,1-2H3/t5-,6?,7?,8-,9?,10?,11?,12+,13?,14+/m1/s1. The van der Waals surface area contributed by atoms with Crippen LogP contribution in [0.1, 0.15) is 6.92 Å². The molecule has 10 heteroatoms. The molecule has 2 saturated heterocycles. The summed E-state index contributed by atoms with van der Waals surface area (Å²) in [6.07, 6.45) is -11.2. The predicted molar refractivity (Wildman–Crippen MR) is 76.6 cm³/mol. The zero-order valence-corrected chi connectivity index (χ0v) is 13.5. The summed E-state index contributed by atoms with van der Waals surface area (Å²) in [7, 11) is 1.27. The number of ether oxygens (including phenoxy) is 4. The van der Waals surface area contributed by atoms with Gasteiger partial charge in [-0.2, -0.15) is 0 Å². The van der Waals surface area contributed by atoms with Crippen LogP contribution in [0.4, 0.5) is 0 Å². The van der Waals surface area contributed by atoms with Crippen LogP contribution in [0.2, 0.25) is 0 Å². The van der Waals surface area contributed by atoms with Crippen LogP contribution in [0.15, 0.2) is 0 Å². The molecule has 24 heavy (non-hydrogen) atoms. The van der Waals surface area contributed by atoms with E-state index in [4.69, 9.17) is 18.9 Å². The van der Waals surface area contributed by atoms with E-state index in [1.165, 1.54) is 7.11 Å². The molecule has 0 saturated carbocycles. The van der Waals surface area contributed by atoms with E-state index >= 15 is 0 Å². The normalized spacial score (nSPS) is 50.0. The van der Waals surface area contributed by atoms with E-state index in [9.17, 15) is 30.6 Å². The van der Waals surface area contributed by atoms with Crippen molar-refractivity contribution in [1.29, 1.82) is 0 Å². The molecule has 0 aliphatic carbocycles. The van der Waals surface area contributed by atoms with Crippen LogP contribution in [0, 0.1) is 5.92 Å². The molecule has 2 rings (SSSR count). The molecule has 2 aliphatic rings. The lowest BCUT2D eigenvalue weighted by Gasteiger charge is -2.46. The first-order valence-corrected chi connectivity index (χ1v) is 7.78. The van der Waals surface area contributed by atoms with Crippen molar-refractivity contribution in [2.24, 2.45) is 5.92 Å². The van der Waals surface area contributed by atoms with Crippen molar-refractivity contribution in [1.82, 2.24) is 0 Å². The summed E-state index contributed by atoms with van der Waals surface area (Å²) in [5, 5.41) is 59.0. The van der Waals surface area contributed by atoms with Gasteiger partial charge in [0, 0.05) is 13.0 Å². The minimum Gasteiger partial charge on any atom is -0.394 e. The lowest BCUT2D eigenvalue weighted by atomic mass is 9.91. The fourth-order valence-electron chi connectivity index (χ4n) is 2.96. The Morgan fingerprint density at radius 1 is 0.792 bits per heavy atom. The predicted octanol–water partition coefficient (Wildman–Crippen LogP) is -3.47. The second-order valence-electron chi connectivity index (χ2n) is 6.11. The molecule has 10 atom stereocenters. The molecule has 6 N–H and O–H groups in total. The Hall–Kier alpha value is -0.400. The van der Waals surface area contributed by atoms with Crippen molar-refractivity contribution in [2.75, 3.05) is 20.3 Å². The number of hydrogen-bond donors (Lipinski definition) is 6. The van der Waals surface area contributed by atoms with E-state index in [0.29, 0.717) is 0 Å². The molecule has 2 heterocycles. The van der Waals surface area contributed by atoms with Gasteiger partial charge in [0.05, 0.1) is 25.4 Å². The number of aliphatic hydroxyl groups excluding tert-OH is 6. The first-order chi connectivity index (χ1) is 11.3. The van der Waals surface area contributed by atoms with Crippen molar-refractivity contribution in [2.45, 2.75) is 62.2 Å². The highest BCUT2D eigenvalue weighted by Crippen LogP contribution is 2.31. The third-order valence-electron chi connectivity index (χ3n) is 4.59. The summed E-state index contributed by atoms with van der Waals surface area (Å²) in [6, 6.07) is 0. The van der Waals surface area contributed by atoms with E-state index < -0.39 is 74.4 Å². The summed E-state index contributed by atoms with van der Waals surface area (Å²) < 4.78 is 21.1. The first kappa shape index (κ1) is 19.9. The second-order valence-corrected chi connectivity index (χ2v) is 6.11. The van der Waals surface area contributed by atoms with Crippen molar-refractivity contribution in [3.05, 3.63) is 0 Å². The van der Waals surface area contributed by atoms with Crippen LogP contribution < -0.4 is 0 Å². The molecular weight excluding hydrogens is 328 g/mol. The second kappa shape index (κ2) is 8.32. The fourth-order valence-corrected chi connectivity index (χ4v) is 2.96. The van der Waals surface area contributed by atoms with Gasteiger partial charge in [0.15, 0.2) is 12.6 Å². The molecule has 0 radical (unpaired) electrons. The maximum Gasteiger partial charge on any atom is 0.187 e. The molecule has 0 amide bonds.